The van der Waals surface area contributed by atoms with Gasteiger partial charge in [0.25, 0.3) is 0 Å². The van der Waals surface area contributed by atoms with E-state index in [-0.39, 0.29) is 22.9 Å². The molecule has 0 fully saturated rings. The molecule has 140 valence electrons. The van der Waals surface area contributed by atoms with Crippen molar-refractivity contribution in [1.82, 2.24) is 14.9 Å². The molecular formula is C20H19ClFN3O2. The van der Waals surface area contributed by atoms with Gasteiger partial charge in [-0.15, -0.1) is 0 Å². The zero-order valence-corrected chi connectivity index (χ0v) is 15.7. The zero-order chi connectivity index (χ0) is 19.4. The molecule has 1 heterocycles. The number of carbonyl (C=O) groups is 1. The van der Waals surface area contributed by atoms with Gasteiger partial charge in [-0.25, -0.2) is 9.37 Å². The highest BCUT2D eigenvalue weighted by atomic mass is 35.5. The van der Waals surface area contributed by atoms with Crippen LogP contribution in [0.4, 0.5) is 4.39 Å². The van der Waals surface area contributed by atoms with E-state index in [2.05, 4.69) is 10.3 Å². The van der Waals surface area contributed by atoms with E-state index in [4.69, 9.17) is 16.3 Å². The number of methoxy groups -OCH3 is 1. The lowest BCUT2D eigenvalue weighted by atomic mass is 10.0. The second-order valence-corrected chi connectivity index (χ2v) is 6.45. The van der Waals surface area contributed by atoms with Gasteiger partial charge in [0.2, 0.25) is 5.91 Å². The van der Waals surface area contributed by atoms with E-state index in [0.717, 1.165) is 5.56 Å². The second-order valence-electron chi connectivity index (χ2n) is 6.05. The summed E-state index contributed by atoms with van der Waals surface area (Å²) in [7, 11) is 3.43. The lowest BCUT2D eigenvalue weighted by molar-refractivity contribution is -0.121. The highest BCUT2D eigenvalue weighted by molar-refractivity contribution is 6.31. The van der Waals surface area contributed by atoms with Gasteiger partial charge in [0, 0.05) is 30.0 Å². The highest BCUT2D eigenvalue weighted by Crippen LogP contribution is 2.24. The molecule has 0 aliphatic heterocycles. The first-order valence-electron chi connectivity index (χ1n) is 8.33. The predicted molar refractivity (Wildman–Crippen MR) is 101 cm³/mol. The van der Waals surface area contributed by atoms with E-state index < -0.39 is 11.9 Å². The van der Waals surface area contributed by atoms with Crippen molar-refractivity contribution in [2.75, 3.05) is 7.11 Å². The normalized spacial score (nSPS) is 11.9. The van der Waals surface area contributed by atoms with Crippen LogP contribution in [0.15, 0.2) is 54.9 Å². The van der Waals surface area contributed by atoms with E-state index in [1.54, 1.807) is 25.6 Å². The SMILES string of the molecule is COc1ccc([C@@H](NC(=O)Cc2c(F)cccc2Cl)c2nccn2C)cc1. The van der Waals surface area contributed by atoms with Crippen molar-refractivity contribution in [3.05, 3.63) is 82.6 Å². The molecule has 3 rings (SSSR count). The molecule has 0 aliphatic rings. The average molecular weight is 388 g/mol. The number of rotatable bonds is 6. The first-order chi connectivity index (χ1) is 13.0. The van der Waals surface area contributed by atoms with Crippen LogP contribution in [0.3, 0.4) is 0 Å². The molecule has 0 bridgehead atoms. The molecule has 5 nitrogen and oxygen atoms in total. The standard InChI is InChI=1S/C20H19ClFN3O2/c1-25-11-10-23-20(25)19(13-6-8-14(27-2)9-7-13)24-18(26)12-15-16(21)4-3-5-17(15)22/h3-11,19H,12H2,1-2H3,(H,24,26)/t19-/m1/s1. The van der Waals surface area contributed by atoms with Crippen LogP contribution in [0.2, 0.25) is 5.02 Å². The number of amides is 1. The number of halogens is 2. The molecule has 7 heteroatoms. The number of nitrogens with one attached hydrogen (secondary N) is 1. The number of carbonyl (C=O) groups excluding carboxylic acids is 1. The summed E-state index contributed by atoms with van der Waals surface area (Å²) in [6, 6.07) is 11.2. The third kappa shape index (κ3) is 4.28. The molecule has 1 amide bonds. The minimum absolute atomic E-state index is 0.164. The van der Waals surface area contributed by atoms with Crippen LogP contribution in [-0.2, 0) is 18.3 Å². The Labute approximate surface area is 161 Å². The van der Waals surface area contributed by atoms with Crippen molar-refractivity contribution in [2.45, 2.75) is 12.5 Å². The monoisotopic (exact) mass is 387 g/mol. The van der Waals surface area contributed by atoms with Gasteiger partial charge < -0.3 is 14.6 Å². The summed E-state index contributed by atoms with van der Waals surface area (Å²) in [6.07, 6.45) is 3.29. The zero-order valence-electron chi connectivity index (χ0n) is 14.9. The Hall–Kier alpha value is -2.86. The highest BCUT2D eigenvalue weighted by Gasteiger charge is 2.22. The maximum absolute atomic E-state index is 14.0. The number of nitrogens with zero attached hydrogens (tertiary/aromatic N) is 2. The topological polar surface area (TPSA) is 56.1 Å². The second kappa shape index (κ2) is 8.22. The molecule has 0 radical (unpaired) electrons. The Bertz CT molecular complexity index is 920. The molecule has 1 atom stereocenters. The predicted octanol–water partition coefficient (Wildman–Crippen LogP) is 3.67. The molecular weight excluding hydrogens is 369 g/mol. The lowest BCUT2D eigenvalue weighted by Crippen LogP contribution is -2.32. The lowest BCUT2D eigenvalue weighted by Gasteiger charge is -2.20. The van der Waals surface area contributed by atoms with E-state index >= 15 is 0 Å². The first-order valence-corrected chi connectivity index (χ1v) is 8.71. The van der Waals surface area contributed by atoms with Gasteiger partial charge >= 0.3 is 0 Å². The summed E-state index contributed by atoms with van der Waals surface area (Å²) in [5.74, 6) is 0.511. The van der Waals surface area contributed by atoms with Crippen LogP contribution >= 0.6 is 11.6 Å². The number of ether oxygens (including phenoxy) is 1. The molecule has 0 saturated heterocycles. The Morgan fingerprint density at radius 1 is 1.30 bits per heavy atom. The van der Waals surface area contributed by atoms with Gasteiger partial charge in [-0.1, -0.05) is 29.8 Å². The Balaban J connectivity index is 1.87. The summed E-state index contributed by atoms with van der Waals surface area (Å²) in [5.41, 5.74) is 1.00. The largest absolute Gasteiger partial charge is 0.497 e. The smallest absolute Gasteiger partial charge is 0.225 e. The van der Waals surface area contributed by atoms with Gasteiger partial charge in [-0.3, -0.25) is 4.79 Å². The van der Waals surface area contributed by atoms with Gasteiger partial charge in [-0.2, -0.15) is 0 Å². The third-order valence-electron chi connectivity index (χ3n) is 4.27. The fraction of sp³-hybridized carbons (Fsp3) is 0.200. The maximum Gasteiger partial charge on any atom is 0.225 e. The summed E-state index contributed by atoms with van der Waals surface area (Å²) in [5, 5.41) is 3.15. The van der Waals surface area contributed by atoms with Crippen molar-refractivity contribution in [3.8, 4) is 5.75 Å². The van der Waals surface area contributed by atoms with Crippen molar-refractivity contribution < 1.29 is 13.9 Å². The third-order valence-corrected chi connectivity index (χ3v) is 4.62. The fourth-order valence-corrected chi connectivity index (χ4v) is 3.05. The van der Waals surface area contributed by atoms with Crippen LogP contribution in [0.25, 0.3) is 0 Å². The molecule has 0 spiro atoms. The molecule has 3 aromatic rings. The first kappa shape index (κ1) is 18.9. The van der Waals surface area contributed by atoms with Crippen molar-refractivity contribution in [2.24, 2.45) is 7.05 Å². The molecule has 2 aromatic carbocycles. The van der Waals surface area contributed by atoms with E-state index in [1.807, 2.05) is 35.9 Å². The number of hydrogen-bond acceptors (Lipinski definition) is 3. The van der Waals surface area contributed by atoms with Gasteiger partial charge in [-0.05, 0) is 29.8 Å². The molecule has 0 unspecified atom stereocenters. The maximum atomic E-state index is 14.0. The van der Waals surface area contributed by atoms with E-state index in [9.17, 15) is 9.18 Å². The van der Waals surface area contributed by atoms with E-state index in [1.165, 1.54) is 12.1 Å². The Morgan fingerprint density at radius 3 is 2.63 bits per heavy atom. The quantitative estimate of drug-likeness (QED) is 0.702. The van der Waals surface area contributed by atoms with Crippen LogP contribution in [0.1, 0.15) is 23.0 Å². The minimum Gasteiger partial charge on any atom is -0.497 e. The average Bonchev–Trinajstić information content (AvgIpc) is 3.09. The van der Waals surface area contributed by atoms with Crippen LogP contribution < -0.4 is 10.1 Å². The van der Waals surface area contributed by atoms with Gasteiger partial charge in [0.1, 0.15) is 23.4 Å². The number of aryl methyl sites for hydroxylation is 1. The number of aromatic nitrogens is 2. The summed E-state index contributed by atoms with van der Waals surface area (Å²) in [6.45, 7) is 0. The van der Waals surface area contributed by atoms with Gasteiger partial charge in [0.15, 0.2) is 0 Å². The molecule has 1 N–H and O–H groups in total. The Morgan fingerprint density at radius 2 is 2.04 bits per heavy atom. The van der Waals surface area contributed by atoms with Crippen LogP contribution in [-0.4, -0.2) is 22.6 Å². The summed E-state index contributed by atoms with van der Waals surface area (Å²) >= 11 is 6.03. The van der Waals surface area contributed by atoms with E-state index in [0.29, 0.717) is 11.6 Å². The van der Waals surface area contributed by atoms with Crippen LogP contribution in [0.5, 0.6) is 5.75 Å². The van der Waals surface area contributed by atoms with Crippen LogP contribution in [0, 0.1) is 5.82 Å². The fourth-order valence-electron chi connectivity index (χ4n) is 2.82. The number of imidazole rings is 1. The number of benzene rings is 2. The summed E-state index contributed by atoms with van der Waals surface area (Å²) < 4.78 is 21.0. The number of hydrogen-bond donors (Lipinski definition) is 1. The molecule has 0 saturated carbocycles. The summed E-state index contributed by atoms with van der Waals surface area (Å²) in [4.78, 5) is 17.0. The molecule has 0 aliphatic carbocycles. The minimum atomic E-state index is -0.504. The molecule has 1 aromatic heterocycles. The molecule has 27 heavy (non-hydrogen) atoms. The van der Waals surface area contributed by atoms with Crippen molar-refractivity contribution >= 4 is 17.5 Å². The van der Waals surface area contributed by atoms with Gasteiger partial charge in [0.05, 0.1) is 13.5 Å². The van der Waals surface area contributed by atoms with Crippen molar-refractivity contribution in [1.29, 1.82) is 0 Å². The van der Waals surface area contributed by atoms with Crippen molar-refractivity contribution in [3.63, 3.8) is 0 Å². The Kier molecular flexibility index (Phi) is 5.76.